The third-order valence-corrected chi connectivity index (χ3v) is 7.48. The molecule has 1 aliphatic carbocycles. The molecule has 0 unspecified atom stereocenters. The molecule has 0 amide bonds. The van der Waals surface area contributed by atoms with E-state index in [1.165, 1.54) is 17.5 Å². The summed E-state index contributed by atoms with van der Waals surface area (Å²) >= 11 is 5.50. The van der Waals surface area contributed by atoms with Gasteiger partial charge in [-0.3, -0.25) is 4.90 Å². The molecule has 3 atom stereocenters. The predicted octanol–water partition coefficient (Wildman–Crippen LogP) is 3.96. The van der Waals surface area contributed by atoms with Crippen LogP contribution in [0.2, 0.25) is 0 Å². The number of rotatable bonds is 5. The maximum absolute atomic E-state index is 5.72. The highest BCUT2D eigenvalue weighted by Gasteiger charge is 2.51. The Morgan fingerprint density at radius 1 is 1.13 bits per heavy atom. The van der Waals surface area contributed by atoms with E-state index >= 15 is 0 Å². The van der Waals surface area contributed by atoms with Crippen LogP contribution in [0, 0.1) is 0 Å². The second-order valence-electron chi connectivity index (χ2n) is 8.92. The Kier molecular flexibility index (Phi) is 5.76. The van der Waals surface area contributed by atoms with Crippen LogP contribution in [0.3, 0.4) is 0 Å². The molecular formula is C25H31N3O2S. The standard InChI is InChI=1S/C25H31N3O2S/c1-2-26-24(31)27-20-10-11-25(19-8-9-21-22(14-19)30-17-29-21)12-13-28(23(25)15-20)16-18-6-4-3-5-7-18/h3-9,14,20,23H,2,10-13,15-17H2,1H3,(H2,26,27,31)/t20-,23+,25-/m0/s1. The molecule has 0 bridgehead atoms. The van der Waals surface area contributed by atoms with Gasteiger partial charge in [0.1, 0.15) is 0 Å². The van der Waals surface area contributed by atoms with Crippen LogP contribution in [0.5, 0.6) is 11.5 Å². The largest absolute Gasteiger partial charge is 0.454 e. The van der Waals surface area contributed by atoms with Gasteiger partial charge in [0, 0.05) is 30.6 Å². The van der Waals surface area contributed by atoms with E-state index in [-0.39, 0.29) is 5.41 Å². The van der Waals surface area contributed by atoms with Crippen LogP contribution >= 0.6 is 12.2 Å². The van der Waals surface area contributed by atoms with Crippen molar-refractivity contribution in [1.29, 1.82) is 0 Å². The van der Waals surface area contributed by atoms with Crippen LogP contribution < -0.4 is 20.1 Å². The Hall–Kier alpha value is -2.31. The Morgan fingerprint density at radius 3 is 2.81 bits per heavy atom. The van der Waals surface area contributed by atoms with Gasteiger partial charge in [-0.05, 0) is 74.6 Å². The van der Waals surface area contributed by atoms with Crippen molar-refractivity contribution in [3.63, 3.8) is 0 Å². The third-order valence-electron chi connectivity index (χ3n) is 7.22. The molecule has 6 heteroatoms. The first-order valence-electron chi connectivity index (χ1n) is 11.4. The molecule has 0 aromatic heterocycles. The van der Waals surface area contributed by atoms with E-state index in [9.17, 15) is 0 Å². The molecule has 5 nitrogen and oxygen atoms in total. The molecule has 2 aliphatic heterocycles. The number of hydrogen-bond donors (Lipinski definition) is 2. The molecule has 2 aromatic carbocycles. The van der Waals surface area contributed by atoms with E-state index in [4.69, 9.17) is 21.7 Å². The summed E-state index contributed by atoms with van der Waals surface area (Å²) in [5.41, 5.74) is 2.92. The fourth-order valence-corrected chi connectivity index (χ4v) is 6.03. The minimum atomic E-state index is 0.147. The summed E-state index contributed by atoms with van der Waals surface area (Å²) in [6.45, 7) is 5.35. The van der Waals surface area contributed by atoms with Gasteiger partial charge in [0.05, 0.1) is 0 Å². The topological polar surface area (TPSA) is 45.8 Å². The number of thiocarbonyl (C=S) groups is 1. The molecule has 5 rings (SSSR count). The fraction of sp³-hybridized carbons (Fsp3) is 0.480. The van der Waals surface area contributed by atoms with Crippen molar-refractivity contribution in [3.05, 3.63) is 59.7 Å². The first-order valence-corrected chi connectivity index (χ1v) is 11.8. The molecule has 1 saturated heterocycles. The van der Waals surface area contributed by atoms with Crippen molar-refractivity contribution in [2.75, 3.05) is 19.9 Å². The molecule has 31 heavy (non-hydrogen) atoms. The first kappa shape index (κ1) is 20.6. The summed E-state index contributed by atoms with van der Waals surface area (Å²) in [5, 5.41) is 7.60. The van der Waals surface area contributed by atoms with Crippen molar-refractivity contribution in [2.24, 2.45) is 0 Å². The highest BCUT2D eigenvalue weighted by atomic mass is 32.1. The van der Waals surface area contributed by atoms with Crippen LogP contribution in [-0.4, -0.2) is 42.0 Å². The van der Waals surface area contributed by atoms with E-state index in [1.54, 1.807) is 0 Å². The van der Waals surface area contributed by atoms with Gasteiger partial charge >= 0.3 is 0 Å². The van der Waals surface area contributed by atoms with Crippen LogP contribution in [0.15, 0.2) is 48.5 Å². The number of likely N-dealkylation sites (tertiary alicyclic amines) is 1. The van der Waals surface area contributed by atoms with Crippen LogP contribution in [0.4, 0.5) is 0 Å². The monoisotopic (exact) mass is 437 g/mol. The molecule has 3 aliphatic rings. The third kappa shape index (κ3) is 3.99. The van der Waals surface area contributed by atoms with E-state index in [2.05, 4.69) is 71.0 Å². The zero-order chi connectivity index (χ0) is 21.3. The van der Waals surface area contributed by atoms with Gasteiger partial charge in [0.15, 0.2) is 16.6 Å². The van der Waals surface area contributed by atoms with Gasteiger partial charge in [-0.2, -0.15) is 0 Å². The van der Waals surface area contributed by atoms with Crippen molar-refractivity contribution in [1.82, 2.24) is 15.5 Å². The zero-order valence-corrected chi connectivity index (χ0v) is 18.9. The predicted molar refractivity (Wildman–Crippen MR) is 127 cm³/mol. The van der Waals surface area contributed by atoms with Crippen molar-refractivity contribution >= 4 is 17.3 Å². The normalized spacial score (nSPS) is 27.0. The maximum Gasteiger partial charge on any atom is 0.231 e. The number of ether oxygens (including phenoxy) is 2. The summed E-state index contributed by atoms with van der Waals surface area (Å²) in [4.78, 5) is 2.68. The minimum absolute atomic E-state index is 0.147. The van der Waals surface area contributed by atoms with Crippen LogP contribution in [0.1, 0.15) is 43.7 Å². The smallest absolute Gasteiger partial charge is 0.231 e. The molecule has 2 aromatic rings. The minimum Gasteiger partial charge on any atom is -0.454 e. The highest BCUT2D eigenvalue weighted by Crippen LogP contribution is 2.51. The lowest BCUT2D eigenvalue weighted by Crippen LogP contribution is -2.53. The molecule has 2 heterocycles. The zero-order valence-electron chi connectivity index (χ0n) is 18.1. The van der Waals surface area contributed by atoms with Crippen LogP contribution in [-0.2, 0) is 12.0 Å². The first-order chi connectivity index (χ1) is 15.2. The average molecular weight is 438 g/mol. The summed E-state index contributed by atoms with van der Waals surface area (Å²) in [5.74, 6) is 1.75. The van der Waals surface area contributed by atoms with Gasteiger partial charge in [-0.1, -0.05) is 36.4 Å². The Labute approximate surface area is 190 Å². The van der Waals surface area contributed by atoms with E-state index in [0.717, 1.165) is 55.5 Å². The van der Waals surface area contributed by atoms with Gasteiger partial charge in [0.2, 0.25) is 6.79 Å². The maximum atomic E-state index is 5.72. The summed E-state index contributed by atoms with van der Waals surface area (Å²) in [6, 6.07) is 18.3. The average Bonchev–Trinajstić information content (AvgIpc) is 3.40. The summed E-state index contributed by atoms with van der Waals surface area (Å²) in [6.07, 6.45) is 4.53. The summed E-state index contributed by atoms with van der Waals surface area (Å²) < 4.78 is 11.3. The molecule has 0 radical (unpaired) electrons. The number of hydrogen-bond acceptors (Lipinski definition) is 4. The van der Waals surface area contributed by atoms with E-state index < -0.39 is 0 Å². The number of nitrogens with zero attached hydrogens (tertiary/aromatic N) is 1. The van der Waals surface area contributed by atoms with E-state index in [1.807, 2.05) is 0 Å². The molecule has 0 spiro atoms. The van der Waals surface area contributed by atoms with Gasteiger partial charge in [-0.25, -0.2) is 0 Å². The van der Waals surface area contributed by atoms with Gasteiger partial charge in [0.25, 0.3) is 0 Å². The number of benzene rings is 2. The second-order valence-corrected chi connectivity index (χ2v) is 9.33. The lowest BCUT2D eigenvalue weighted by atomic mass is 9.65. The Balaban J connectivity index is 1.43. The number of fused-ring (bicyclic) bond motifs is 2. The molecule has 1 saturated carbocycles. The number of nitrogens with one attached hydrogen (secondary N) is 2. The fourth-order valence-electron chi connectivity index (χ4n) is 5.72. The highest BCUT2D eigenvalue weighted by molar-refractivity contribution is 7.80. The quantitative estimate of drug-likeness (QED) is 0.691. The second kappa shape index (κ2) is 8.67. The van der Waals surface area contributed by atoms with Gasteiger partial charge in [-0.15, -0.1) is 0 Å². The van der Waals surface area contributed by atoms with Crippen molar-refractivity contribution in [2.45, 2.75) is 56.7 Å². The lowest BCUT2D eigenvalue weighted by Gasteiger charge is -2.45. The van der Waals surface area contributed by atoms with Crippen molar-refractivity contribution < 1.29 is 9.47 Å². The molecule has 2 N–H and O–H groups in total. The Bertz CT molecular complexity index is 938. The SMILES string of the molecule is CCNC(=S)N[C@H]1CC[C@@]2(c3ccc4c(c3)OCO4)CCN(Cc3ccccc3)[C@@H]2C1. The van der Waals surface area contributed by atoms with Crippen molar-refractivity contribution in [3.8, 4) is 11.5 Å². The molecule has 164 valence electrons. The molecular weight excluding hydrogens is 406 g/mol. The van der Waals surface area contributed by atoms with E-state index in [0.29, 0.717) is 18.9 Å². The molecule has 2 fully saturated rings. The Morgan fingerprint density at radius 2 is 1.97 bits per heavy atom. The lowest BCUT2D eigenvalue weighted by molar-refractivity contribution is 0.134. The van der Waals surface area contributed by atoms with Gasteiger partial charge < -0.3 is 20.1 Å². The van der Waals surface area contributed by atoms with Crippen LogP contribution in [0.25, 0.3) is 0 Å². The summed E-state index contributed by atoms with van der Waals surface area (Å²) in [7, 11) is 0.